The van der Waals surface area contributed by atoms with E-state index < -0.39 is 0 Å². The lowest BCUT2D eigenvalue weighted by Crippen LogP contribution is -2.21. The molecule has 2 aliphatic carbocycles. The lowest BCUT2D eigenvalue weighted by molar-refractivity contribution is -0.112. The Balaban J connectivity index is 2.43. The molecule has 106 valence electrons. The molecule has 0 saturated carbocycles. The summed E-state index contributed by atoms with van der Waals surface area (Å²) in [6.07, 6.45) is 9.10. The van der Waals surface area contributed by atoms with Crippen molar-refractivity contribution in [2.24, 2.45) is 10.8 Å². The van der Waals surface area contributed by atoms with Gasteiger partial charge in [0.2, 0.25) is 0 Å². The highest BCUT2D eigenvalue weighted by molar-refractivity contribution is 5.89. The summed E-state index contributed by atoms with van der Waals surface area (Å²) in [6.45, 7) is 11.1. The van der Waals surface area contributed by atoms with Crippen LogP contribution in [0.4, 0.5) is 0 Å². The summed E-state index contributed by atoms with van der Waals surface area (Å²) >= 11 is 0. The number of rotatable bonds is 3. The molecule has 19 heavy (non-hydrogen) atoms. The summed E-state index contributed by atoms with van der Waals surface area (Å²) in [6, 6.07) is 0. The Labute approximate surface area is 118 Å². The number of ketones is 1. The minimum absolute atomic E-state index is 0.201. The Bertz CT molecular complexity index is 444. The van der Waals surface area contributed by atoms with Crippen LogP contribution in [0.25, 0.3) is 0 Å². The molecule has 0 atom stereocenters. The van der Waals surface area contributed by atoms with Gasteiger partial charge in [-0.3, -0.25) is 4.79 Å². The van der Waals surface area contributed by atoms with E-state index in [1.807, 2.05) is 6.08 Å². The largest absolute Gasteiger partial charge is 0.295 e. The number of allylic oxidation sites excluding steroid dienone is 4. The van der Waals surface area contributed by atoms with Crippen molar-refractivity contribution < 1.29 is 4.79 Å². The molecular weight excluding hydrogens is 232 g/mol. The van der Waals surface area contributed by atoms with Crippen molar-refractivity contribution in [3.63, 3.8) is 0 Å². The van der Waals surface area contributed by atoms with Gasteiger partial charge in [-0.2, -0.15) is 0 Å². The first-order valence-electron chi connectivity index (χ1n) is 7.77. The van der Waals surface area contributed by atoms with E-state index in [0.29, 0.717) is 10.8 Å². The Morgan fingerprint density at radius 3 is 2.37 bits per heavy atom. The van der Waals surface area contributed by atoms with Gasteiger partial charge in [-0.05, 0) is 73.5 Å². The first-order valence-corrected chi connectivity index (χ1v) is 7.77. The van der Waals surface area contributed by atoms with Crippen LogP contribution in [0.15, 0.2) is 22.8 Å². The summed E-state index contributed by atoms with van der Waals surface area (Å²) in [5.74, 6) is 0.201. The molecule has 1 heteroatoms. The molecule has 1 nitrogen and oxygen atoms in total. The third-order valence-electron chi connectivity index (χ3n) is 5.57. The second-order valence-electron chi connectivity index (χ2n) is 7.18. The maximum Gasteiger partial charge on any atom is 0.152 e. The van der Waals surface area contributed by atoms with Gasteiger partial charge in [0.1, 0.15) is 0 Å². The van der Waals surface area contributed by atoms with Crippen LogP contribution in [0.5, 0.6) is 0 Å². The minimum Gasteiger partial charge on any atom is -0.295 e. The third kappa shape index (κ3) is 2.57. The van der Waals surface area contributed by atoms with Crippen molar-refractivity contribution >= 4 is 5.78 Å². The highest BCUT2D eigenvalue weighted by Crippen LogP contribution is 2.57. The fourth-order valence-corrected chi connectivity index (χ4v) is 3.88. The van der Waals surface area contributed by atoms with E-state index in [0.717, 1.165) is 6.42 Å². The Hall–Kier alpha value is -0.850. The first-order chi connectivity index (χ1) is 8.83. The van der Waals surface area contributed by atoms with Crippen molar-refractivity contribution in [2.45, 2.75) is 73.1 Å². The maximum atomic E-state index is 11.5. The molecule has 2 aliphatic rings. The SMILES string of the molecule is CCC1(CC)CC2=C(C1)C(C)(C)CC/C2=C\C(C)=O. The monoisotopic (exact) mass is 260 g/mol. The van der Waals surface area contributed by atoms with Crippen molar-refractivity contribution in [2.75, 3.05) is 0 Å². The number of hydrogen-bond donors (Lipinski definition) is 0. The predicted molar refractivity (Wildman–Crippen MR) is 81.1 cm³/mol. The molecule has 0 aromatic rings. The van der Waals surface area contributed by atoms with E-state index in [1.54, 1.807) is 12.5 Å². The van der Waals surface area contributed by atoms with E-state index in [1.165, 1.54) is 43.3 Å². The average Bonchev–Trinajstić information content (AvgIpc) is 2.75. The van der Waals surface area contributed by atoms with Crippen LogP contribution in [0.1, 0.15) is 73.1 Å². The fraction of sp³-hybridized carbons (Fsp3) is 0.722. The van der Waals surface area contributed by atoms with Gasteiger partial charge in [0.25, 0.3) is 0 Å². The molecule has 0 aliphatic heterocycles. The van der Waals surface area contributed by atoms with E-state index in [4.69, 9.17) is 0 Å². The van der Waals surface area contributed by atoms with Gasteiger partial charge in [-0.25, -0.2) is 0 Å². The smallest absolute Gasteiger partial charge is 0.152 e. The van der Waals surface area contributed by atoms with Gasteiger partial charge < -0.3 is 0 Å². The minimum atomic E-state index is 0.201. The Kier molecular flexibility index (Phi) is 3.77. The van der Waals surface area contributed by atoms with Gasteiger partial charge in [-0.15, -0.1) is 0 Å². The molecule has 0 spiro atoms. The normalized spacial score (nSPS) is 26.7. The summed E-state index contributed by atoms with van der Waals surface area (Å²) in [7, 11) is 0. The highest BCUT2D eigenvalue weighted by Gasteiger charge is 2.43. The average molecular weight is 260 g/mol. The zero-order valence-electron chi connectivity index (χ0n) is 13.2. The quantitative estimate of drug-likeness (QED) is 0.636. The maximum absolute atomic E-state index is 11.5. The van der Waals surface area contributed by atoms with E-state index in [9.17, 15) is 4.79 Å². The van der Waals surface area contributed by atoms with Crippen LogP contribution in [-0.2, 0) is 4.79 Å². The molecule has 0 saturated heterocycles. The molecular formula is C18H28O. The van der Waals surface area contributed by atoms with Gasteiger partial charge in [0, 0.05) is 0 Å². The van der Waals surface area contributed by atoms with Crippen LogP contribution in [0, 0.1) is 10.8 Å². The van der Waals surface area contributed by atoms with Gasteiger partial charge in [-0.1, -0.05) is 33.3 Å². The summed E-state index contributed by atoms with van der Waals surface area (Å²) in [5.41, 5.74) is 5.31. The zero-order valence-corrected chi connectivity index (χ0v) is 13.2. The van der Waals surface area contributed by atoms with Crippen LogP contribution in [-0.4, -0.2) is 5.78 Å². The van der Waals surface area contributed by atoms with Crippen molar-refractivity contribution in [1.29, 1.82) is 0 Å². The predicted octanol–water partition coefficient (Wildman–Crippen LogP) is 5.22. The molecule has 0 bridgehead atoms. The van der Waals surface area contributed by atoms with Crippen LogP contribution >= 0.6 is 0 Å². The van der Waals surface area contributed by atoms with E-state index in [2.05, 4.69) is 27.7 Å². The third-order valence-corrected chi connectivity index (χ3v) is 5.57. The Morgan fingerprint density at radius 1 is 1.21 bits per heavy atom. The standard InChI is InChI=1S/C18H28O/c1-6-18(7-2)11-15-14(10-13(3)19)8-9-17(4,5)16(15)12-18/h10H,6-9,11-12H2,1-5H3/b14-10+. The molecule has 0 fully saturated rings. The molecule has 0 amide bonds. The molecule has 0 unspecified atom stereocenters. The van der Waals surface area contributed by atoms with Crippen molar-refractivity contribution in [3.8, 4) is 0 Å². The number of hydrogen-bond acceptors (Lipinski definition) is 1. The molecule has 0 aromatic heterocycles. The van der Waals surface area contributed by atoms with Gasteiger partial charge in [0.05, 0.1) is 0 Å². The highest BCUT2D eigenvalue weighted by atomic mass is 16.1. The van der Waals surface area contributed by atoms with Gasteiger partial charge in [0.15, 0.2) is 5.78 Å². The Morgan fingerprint density at radius 2 is 1.84 bits per heavy atom. The number of carbonyl (C=O) groups is 1. The molecule has 2 rings (SSSR count). The second kappa shape index (κ2) is 4.92. The summed E-state index contributed by atoms with van der Waals surface area (Å²) in [4.78, 5) is 11.5. The van der Waals surface area contributed by atoms with E-state index in [-0.39, 0.29) is 5.78 Å². The zero-order chi connectivity index (χ0) is 14.3. The summed E-state index contributed by atoms with van der Waals surface area (Å²) in [5, 5.41) is 0. The van der Waals surface area contributed by atoms with Crippen LogP contribution in [0.3, 0.4) is 0 Å². The molecule has 0 N–H and O–H groups in total. The number of carbonyl (C=O) groups excluding carboxylic acids is 1. The first kappa shape index (κ1) is 14.6. The molecule has 0 heterocycles. The van der Waals surface area contributed by atoms with E-state index >= 15 is 0 Å². The van der Waals surface area contributed by atoms with Crippen molar-refractivity contribution in [3.05, 3.63) is 22.8 Å². The fourth-order valence-electron chi connectivity index (χ4n) is 3.88. The summed E-state index contributed by atoms with van der Waals surface area (Å²) < 4.78 is 0. The molecule has 0 radical (unpaired) electrons. The molecule has 0 aromatic carbocycles. The second-order valence-corrected chi connectivity index (χ2v) is 7.18. The van der Waals surface area contributed by atoms with Crippen LogP contribution in [0.2, 0.25) is 0 Å². The lowest BCUT2D eigenvalue weighted by Gasteiger charge is -2.34. The van der Waals surface area contributed by atoms with Gasteiger partial charge >= 0.3 is 0 Å². The lowest BCUT2D eigenvalue weighted by atomic mass is 9.71. The topological polar surface area (TPSA) is 17.1 Å². The van der Waals surface area contributed by atoms with Crippen LogP contribution < -0.4 is 0 Å². The van der Waals surface area contributed by atoms with Crippen molar-refractivity contribution in [1.82, 2.24) is 0 Å².